The second-order valence-corrected chi connectivity index (χ2v) is 6.49. The lowest BCUT2D eigenvalue weighted by molar-refractivity contribution is -0.385. The summed E-state index contributed by atoms with van der Waals surface area (Å²) < 4.78 is 15.4. The number of carbonyl (C=O) groups is 2. The number of hydrogen-bond acceptors (Lipinski definition) is 8. The maximum atomic E-state index is 12.2. The van der Waals surface area contributed by atoms with Gasteiger partial charge in [-0.15, -0.1) is 0 Å². The molecule has 0 bridgehead atoms. The van der Waals surface area contributed by atoms with Crippen molar-refractivity contribution in [2.24, 2.45) is 0 Å². The van der Waals surface area contributed by atoms with Crippen LogP contribution in [0.3, 0.4) is 0 Å². The minimum Gasteiger partial charge on any atom is -0.475 e. The van der Waals surface area contributed by atoms with Gasteiger partial charge in [-0.05, 0) is 42.0 Å². The van der Waals surface area contributed by atoms with Crippen LogP contribution in [0.25, 0.3) is 6.08 Å². The van der Waals surface area contributed by atoms with Crippen LogP contribution in [0.15, 0.2) is 76.9 Å². The number of benzene rings is 2. The van der Waals surface area contributed by atoms with Crippen molar-refractivity contribution in [3.8, 4) is 17.6 Å². The molecular weight excluding hydrogens is 430 g/mol. The number of hydrogen-bond donors (Lipinski definition) is 1. The molecule has 166 valence electrons. The van der Waals surface area contributed by atoms with Gasteiger partial charge in [-0.2, -0.15) is 5.26 Å². The van der Waals surface area contributed by atoms with E-state index >= 15 is 0 Å². The van der Waals surface area contributed by atoms with E-state index in [0.717, 1.165) is 0 Å². The zero-order chi connectivity index (χ0) is 23.6. The van der Waals surface area contributed by atoms with Gasteiger partial charge < -0.3 is 19.2 Å². The number of nitrogens with zero attached hydrogens (tertiary/aromatic N) is 2. The predicted molar refractivity (Wildman–Crippen MR) is 115 cm³/mol. The van der Waals surface area contributed by atoms with Crippen LogP contribution in [0.4, 0.5) is 5.69 Å². The summed E-state index contributed by atoms with van der Waals surface area (Å²) in [7, 11) is 0. The number of furan rings is 1. The molecule has 0 radical (unpaired) electrons. The molecule has 0 atom stereocenters. The largest absolute Gasteiger partial charge is 0.475 e. The van der Waals surface area contributed by atoms with E-state index < -0.39 is 23.4 Å². The van der Waals surface area contributed by atoms with E-state index in [1.54, 1.807) is 30.3 Å². The van der Waals surface area contributed by atoms with E-state index in [1.807, 2.05) is 6.07 Å². The smallest absolute Gasteiger partial charge is 0.349 e. The Kier molecular flexibility index (Phi) is 7.54. The number of rotatable bonds is 9. The Morgan fingerprint density at radius 3 is 2.55 bits per heavy atom. The summed E-state index contributed by atoms with van der Waals surface area (Å²) in [5.41, 5.74) is 0.169. The fraction of sp³-hybridized carbons (Fsp3) is 0.0870. The molecule has 0 fully saturated rings. The fourth-order valence-electron chi connectivity index (χ4n) is 2.65. The number of carbonyl (C=O) groups excluding carboxylic acids is 2. The molecule has 3 rings (SSSR count). The summed E-state index contributed by atoms with van der Waals surface area (Å²) in [4.78, 5) is 34.5. The maximum Gasteiger partial charge on any atom is 0.349 e. The molecule has 0 saturated heterocycles. The third-order valence-electron chi connectivity index (χ3n) is 4.20. The first-order valence-corrected chi connectivity index (χ1v) is 9.55. The highest BCUT2D eigenvalue weighted by Gasteiger charge is 2.16. The third kappa shape index (κ3) is 6.53. The second kappa shape index (κ2) is 10.9. The highest BCUT2D eigenvalue weighted by molar-refractivity contribution is 6.01. The van der Waals surface area contributed by atoms with E-state index in [9.17, 15) is 25.0 Å². The minimum atomic E-state index is -0.758. The summed E-state index contributed by atoms with van der Waals surface area (Å²) in [6, 6.07) is 17.0. The maximum absolute atomic E-state index is 12.2. The van der Waals surface area contributed by atoms with Gasteiger partial charge in [-0.3, -0.25) is 14.9 Å². The van der Waals surface area contributed by atoms with Gasteiger partial charge in [-0.1, -0.05) is 24.3 Å². The van der Waals surface area contributed by atoms with Crippen molar-refractivity contribution in [2.45, 2.75) is 6.54 Å². The lowest BCUT2D eigenvalue weighted by Gasteiger charge is -2.07. The molecule has 0 unspecified atom stereocenters. The average Bonchev–Trinajstić information content (AvgIpc) is 3.34. The van der Waals surface area contributed by atoms with Crippen LogP contribution < -0.4 is 14.8 Å². The highest BCUT2D eigenvalue weighted by atomic mass is 16.6. The lowest BCUT2D eigenvalue weighted by Crippen LogP contribution is -2.23. The number of nitro benzene ring substituents is 1. The van der Waals surface area contributed by atoms with Crippen molar-refractivity contribution in [1.29, 1.82) is 5.26 Å². The molecule has 1 aromatic heterocycles. The topological polar surface area (TPSA) is 145 Å². The van der Waals surface area contributed by atoms with Crippen LogP contribution in [0.1, 0.15) is 11.3 Å². The predicted octanol–water partition coefficient (Wildman–Crippen LogP) is 3.40. The first kappa shape index (κ1) is 22.8. The van der Waals surface area contributed by atoms with Gasteiger partial charge in [0.25, 0.3) is 5.91 Å². The molecular formula is C23H17N3O7. The molecule has 0 aliphatic rings. The van der Waals surface area contributed by atoms with E-state index in [1.165, 1.54) is 42.7 Å². The number of nitrogens with one attached hydrogen (secondary N) is 1. The third-order valence-corrected chi connectivity index (χ3v) is 4.20. The molecule has 3 aromatic rings. The molecule has 1 heterocycles. The van der Waals surface area contributed by atoms with Crippen LogP contribution >= 0.6 is 0 Å². The first-order chi connectivity index (χ1) is 16.0. The monoisotopic (exact) mass is 447 g/mol. The SMILES string of the molecule is N#C/C(=C\c1ccc(OC(=O)COc2ccccc2[N+](=O)[O-])cc1)C(=O)NCc1ccco1. The van der Waals surface area contributed by atoms with Crippen molar-refractivity contribution in [3.63, 3.8) is 0 Å². The van der Waals surface area contributed by atoms with E-state index in [2.05, 4.69) is 5.32 Å². The number of amides is 1. The van der Waals surface area contributed by atoms with Gasteiger partial charge in [-0.25, -0.2) is 4.79 Å². The normalized spacial score (nSPS) is 10.7. The Bertz CT molecular complexity index is 1210. The molecule has 10 heteroatoms. The van der Waals surface area contributed by atoms with E-state index in [4.69, 9.17) is 13.9 Å². The molecule has 2 aromatic carbocycles. The summed E-state index contributed by atoms with van der Waals surface area (Å²) in [6.45, 7) is -0.380. The Morgan fingerprint density at radius 2 is 1.88 bits per heavy atom. The van der Waals surface area contributed by atoms with Crippen LogP contribution in [-0.4, -0.2) is 23.4 Å². The molecule has 0 spiro atoms. The van der Waals surface area contributed by atoms with Crippen LogP contribution in [-0.2, 0) is 16.1 Å². The van der Waals surface area contributed by atoms with Gasteiger partial charge in [0.1, 0.15) is 23.2 Å². The van der Waals surface area contributed by atoms with Gasteiger partial charge >= 0.3 is 11.7 Å². The van der Waals surface area contributed by atoms with Crippen molar-refractivity contribution in [2.75, 3.05) is 6.61 Å². The van der Waals surface area contributed by atoms with Gasteiger partial charge in [0.05, 0.1) is 17.7 Å². The first-order valence-electron chi connectivity index (χ1n) is 9.55. The number of nitriles is 1. The minimum absolute atomic E-state index is 0.0470. The van der Waals surface area contributed by atoms with Crippen LogP contribution in [0, 0.1) is 21.4 Å². The molecule has 10 nitrogen and oxygen atoms in total. The Hall–Kier alpha value is -4.91. The van der Waals surface area contributed by atoms with Gasteiger partial charge in [0, 0.05) is 6.07 Å². The van der Waals surface area contributed by atoms with E-state index in [-0.39, 0.29) is 29.3 Å². The van der Waals surface area contributed by atoms with Crippen molar-refractivity contribution in [3.05, 3.63) is 93.9 Å². The molecule has 1 N–H and O–H groups in total. The van der Waals surface area contributed by atoms with Crippen molar-refractivity contribution in [1.82, 2.24) is 5.32 Å². The van der Waals surface area contributed by atoms with E-state index in [0.29, 0.717) is 11.3 Å². The summed E-state index contributed by atoms with van der Waals surface area (Å²) in [5.74, 6) is -0.612. The standard InChI is InChI=1S/C23H17N3O7/c24-13-17(23(28)25-14-19-4-3-11-31-19)12-16-7-9-18(10-8-16)33-22(27)15-32-21-6-2-1-5-20(21)26(29)30/h1-12H,14-15H2,(H,25,28)/b17-12+. The van der Waals surface area contributed by atoms with Gasteiger partial charge in [0.2, 0.25) is 0 Å². The van der Waals surface area contributed by atoms with Crippen molar-refractivity contribution < 1.29 is 28.4 Å². The average molecular weight is 447 g/mol. The van der Waals surface area contributed by atoms with Crippen LogP contribution in [0.2, 0.25) is 0 Å². The van der Waals surface area contributed by atoms with Gasteiger partial charge in [0.15, 0.2) is 12.4 Å². The molecule has 0 aliphatic heterocycles. The molecule has 33 heavy (non-hydrogen) atoms. The van der Waals surface area contributed by atoms with Crippen molar-refractivity contribution >= 4 is 23.6 Å². The number of ether oxygens (including phenoxy) is 2. The second-order valence-electron chi connectivity index (χ2n) is 6.49. The Balaban J connectivity index is 1.55. The summed E-state index contributed by atoms with van der Waals surface area (Å²) in [5, 5.41) is 22.8. The molecule has 0 aliphatic carbocycles. The zero-order valence-electron chi connectivity index (χ0n) is 17.1. The number of para-hydroxylation sites is 2. The zero-order valence-corrected chi connectivity index (χ0v) is 17.1. The van der Waals surface area contributed by atoms with Crippen LogP contribution in [0.5, 0.6) is 11.5 Å². The number of esters is 1. The summed E-state index contributed by atoms with van der Waals surface area (Å²) >= 11 is 0. The molecule has 1 amide bonds. The lowest BCUT2D eigenvalue weighted by atomic mass is 10.1. The molecule has 0 saturated carbocycles. The quantitative estimate of drug-likeness (QED) is 0.131. The number of nitro groups is 1. The Labute approximate surface area is 187 Å². The highest BCUT2D eigenvalue weighted by Crippen LogP contribution is 2.25. The Morgan fingerprint density at radius 1 is 1.12 bits per heavy atom. The summed E-state index contributed by atoms with van der Waals surface area (Å²) in [6.07, 6.45) is 2.87. The fourth-order valence-corrected chi connectivity index (χ4v) is 2.65.